The Bertz CT molecular complexity index is 444. The molecule has 0 saturated carbocycles. The van der Waals surface area contributed by atoms with E-state index in [-0.39, 0.29) is 5.91 Å². The molecule has 2 atom stereocenters. The number of aromatic nitrogens is 1. The minimum absolute atomic E-state index is 0.251. The van der Waals surface area contributed by atoms with Gasteiger partial charge in [0.15, 0.2) is 0 Å². The Kier molecular flexibility index (Phi) is 3.26. The van der Waals surface area contributed by atoms with Gasteiger partial charge in [0.2, 0.25) is 5.91 Å². The van der Waals surface area contributed by atoms with Gasteiger partial charge in [-0.25, -0.2) is 0 Å². The van der Waals surface area contributed by atoms with Gasteiger partial charge in [-0.2, -0.15) is 0 Å². The topological polar surface area (TPSA) is 79.5 Å². The van der Waals surface area contributed by atoms with Crippen LogP contribution in [0.25, 0.3) is 0 Å². The average Bonchev–Trinajstić information content (AvgIpc) is 2.73. The van der Waals surface area contributed by atoms with E-state index in [9.17, 15) is 9.90 Å². The largest absolute Gasteiger partial charge is 0.387 e. The van der Waals surface area contributed by atoms with E-state index in [2.05, 4.69) is 9.88 Å². The molecule has 0 aromatic carbocycles. The number of aliphatic hydroxyl groups excluding tert-OH is 1. The van der Waals surface area contributed by atoms with Crippen molar-refractivity contribution in [2.24, 2.45) is 11.1 Å². The molecule has 1 saturated heterocycles. The van der Waals surface area contributed by atoms with Crippen molar-refractivity contribution >= 4 is 11.6 Å². The molecule has 2 rings (SSSR count). The van der Waals surface area contributed by atoms with Gasteiger partial charge in [-0.3, -0.25) is 9.78 Å². The third-order valence-corrected chi connectivity index (χ3v) is 3.63. The van der Waals surface area contributed by atoms with E-state index in [1.54, 1.807) is 19.2 Å². The quantitative estimate of drug-likeness (QED) is 0.831. The molecule has 0 aliphatic carbocycles. The lowest BCUT2D eigenvalue weighted by Gasteiger charge is -2.22. The first kappa shape index (κ1) is 12.8. The Hall–Kier alpha value is -1.62. The molecule has 0 bridgehead atoms. The number of rotatable bonds is 3. The smallest absolute Gasteiger partial charge is 0.225 e. The Morgan fingerprint density at radius 1 is 1.61 bits per heavy atom. The maximum atomic E-state index is 11.4. The number of aliphatic hydroxyl groups is 1. The third kappa shape index (κ3) is 2.31. The molecule has 0 spiro atoms. The lowest BCUT2D eigenvalue weighted by molar-refractivity contribution is -0.125. The number of hydrogen-bond donors (Lipinski definition) is 2. The summed E-state index contributed by atoms with van der Waals surface area (Å²) in [6.07, 6.45) is 1.93. The van der Waals surface area contributed by atoms with Crippen LogP contribution in [-0.4, -0.2) is 29.1 Å². The van der Waals surface area contributed by atoms with Crippen LogP contribution in [0.4, 0.5) is 5.69 Å². The molecular weight excluding hydrogens is 230 g/mol. The van der Waals surface area contributed by atoms with Gasteiger partial charge in [0.25, 0.3) is 0 Å². The highest BCUT2D eigenvalue weighted by Crippen LogP contribution is 2.32. The van der Waals surface area contributed by atoms with E-state index < -0.39 is 11.5 Å². The maximum absolute atomic E-state index is 11.4. The van der Waals surface area contributed by atoms with Crippen LogP contribution < -0.4 is 10.6 Å². The molecule has 1 aliphatic heterocycles. The van der Waals surface area contributed by atoms with Gasteiger partial charge in [-0.15, -0.1) is 0 Å². The molecule has 1 aromatic rings. The van der Waals surface area contributed by atoms with Crippen LogP contribution in [0.1, 0.15) is 32.1 Å². The van der Waals surface area contributed by atoms with Gasteiger partial charge in [0, 0.05) is 13.1 Å². The number of carbonyl (C=O) groups excluding carboxylic acids is 1. The Labute approximate surface area is 107 Å². The highest BCUT2D eigenvalue weighted by atomic mass is 16.3. The fourth-order valence-electron chi connectivity index (χ4n) is 2.21. The van der Waals surface area contributed by atoms with E-state index in [0.29, 0.717) is 12.2 Å². The number of nitrogens with two attached hydrogens (primary N) is 1. The van der Waals surface area contributed by atoms with Crippen molar-refractivity contribution in [1.29, 1.82) is 0 Å². The molecule has 0 radical (unpaired) electrons. The fourth-order valence-corrected chi connectivity index (χ4v) is 2.21. The first-order chi connectivity index (χ1) is 8.42. The monoisotopic (exact) mass is 249 g/mol. The predicted molar refractivity (Wildman–Crippen MR) is 69.0 cm³/mol. The molecule has 5 heteroatoms. The van der Waals surface area contributed by atoms with Crippen molar-refractivity contribution in [3.63, 3.8) is 0 Å². The highest BCUT2D eigenvalue weighted by molar-refractivity contribution is 5.82. The molecule has 5 nitrogen and oxygen atoms in total. The number of pyridine rings is 1. The number of primary amides is 1. The molecule has 98 valence electrons. The number of anilines is 1. The molecule has 1 unspecified atom stereocenters. The van der Waals surface area contributed by atoms with Crippen molar-refractivity contribution < 1.29 is 9.90 Å². The van der Waals surface area contributed by atoms with Crippen molar-refractivity contribution in [3.05, 3.63) is 24.0 Å². The van der Waals surface area contributed by atoms with Crippen LogP contribution >= 0.6 is 0 Å². The van der Waals surface area contributed by atoms with Crippen molar-refractivity contribution in [3.8, 4) is 0 Å². The van der Waals surface area contributed by atoms with E-state index in [1.807, 2.05) is 13.0 Å². The Balaban J connectivity index is 2.12. The van der Waals surface area contributed by atoms with Crippen LogP contribution in [0.2, 0.25) is 0 Å². The SMILES string of the molecule is C[C@H](O)c1ccc(N2CCC(C)(C(N)=O)C2)cn1. The molecule has 1 fully saturated rings. The van der Waals surface area contributed by atoms with Crippen LogP contribution in [0.5, 0.6) is 0 Å². The molecular formula is C13H19N3O2. The first-order valence-corrected chi connectivity index (χ1v) is 6.11. The summed E-state index contributed by atoms with van der Waals surface area (Å²) >= 11 is 0. The zero-order valence-electron chi connectivity index (χ0n) is 10.8. The lowest BCUT2D eigenvalue weighted by Crippen LogP contribution is -2.37. The molecule has 3 N–H and O–H groups in total. The second-order valence-corrected chi connectivity index (χ2v) is 5.21. The second kappa shape index (κ2) is 4.57. The Morgan fingerprint density at radius 2 is 2.33 bits per heavy atom. The maximum Gasteiger partial charge on any atom is 0.225 e. The third-order valence-electron chi connectivity index (χ3n) is 3.63. The van der Waals surface area contributed by atoms with Gasteiger partial charge in [-0.1, -0.05) is 0 Å². The van der Waals surface area contributed by atoms with Gasteiger partial charge >= 0.3 is 0 Å². The standard InChI is InChI=1S/C13H19N3O2/c1-9(17)11-4-3-10(7-15-11)16-6-5-13(2,8-16)12(14)18/h3-4,7,9,17H,5-6,8H2,1-2H3,(H2,14,18)/t9-,13?/m0/s1. The summed E-state index contributed by atoms with van der Waals surface area (Å²) in [5, 5.41) is 9.40. The van der Waals surface area contributed by atoms with Gasteiger partial charge < -0.3 is 15.7 Å². The lowest BCUT2D eigenvalue weighted by atomic mass is 9.89. The summed E-state index contributed by atoms with van der Waals surface area (Å²) in [5.74, 6) is -0.251. The molecule has 1 aliphatic rings. The first-order valence-electron chi connectivity index (χ1n) is 6.11. The summed E-state index contributed by atoms with van der Waals surface area (Å²) < 4.78 is 0. The predicted octanol–water partition coefficient (Wildman–Crippen LogP) is 0.837. The van der Waals surface area contributed by atoms with E-state index in [1.165, 1.54) is 0 Å². The van der Waals surface area contributed by atoms with Crippen molar-refractivity contribution in [2.75, 3.05) is 18.0 Å². The summed E-state index contributed by atoms with van der Waals surface area (Å²) in [5.41, 5.74) is 6.58. The zero-order chi connectivity index (χ0) is 13.3. The normalized spacial score (nSPS) is 25.2. The van der Waals surface area contributed by atoms with Gasteiger partial charge in [-0.05, 0) is 32.4 Å². The van der Waals surface area contributed by atoms with Crippen LogP contribution in [0.15, 0.2) is 18.3 Å². The number of hydrogen-bond acceptors (Lipinski definition) is 4. The second-order valence-electron chi connectivity index (χ2n) is 5.21. The van der Waals surface area contributed by atoms with Crippen molar-refractivity contribution in [2.45, 2.75) is 26.4 Å². The molecule has 18 heavy (non-hydrogen) atoms. The fraction of sp³-hybridized carbons (Fsp3) is 0.538. The average molecular weight is 249 g/mol. The molecule has 2 heterocycles. The summed E-state index contributed by atoms with van der Waals surface area (Å²) in [4.78, 5) is 17.7. The van der Waals surface area contributed by atoms with Crippen LogP contribution in [-0.2, 0) is 4.79 Å². The van der Waals surface area contributed by atoms with Crippen LogP contribution in [0.3, 0.4) is 0 Å². The number of carbonyl (C=O) groups is 1. The summed E-state index contributed by atoms with van der Waals surface area (Å²) in [6.45, 7) is 5.00. The molecule has 1 amide bonds. The van der Waals surface area contributed by atoms with Gasteiger partial charge in [0.05, 0.1) is 29.1 Å². The number of amides is 1. The minimum Gasteiger partial charge on any atom is -0.387 e. The minimum atomic E-state index is -0.562. The zero-order valence-corrected chi connectivity index (χ0v) is 10.8. The Morgan fingerprint density at radius 3 is 2.78 bits per heavy atom. The molecule has 1 aromatic heterocycles. The van der Waals surface area contributed by atoms with Gasteiger partial charge in [0.1, 0.15) is 0 Å². The summed E-state index contributed by atoms with van der Waals surface area (Å²) in [7, 11) is 0. The van der Waals surface area contributed by atoms with E-state index >= 15 is 0 Å². The van der Waals surface area contributed by atoms with Crippen LogP contribution in [0, 0.1) is 5.41 Å². The number of nitrogens with zero attached hydrogens (tertiary/aromatic N) is 2. The van der Waals surface area contributed by atoms with Crippen molar-refractivity contribution in [1.82, 2.24) is 4.98 Å². The van der Waals surface area contributed by atoms with E-state index in [4.69, 9.17) is 5.73 Å². The highest BCUT2D eigenvalue weighted by Gasteiger charge is 2.38. The summed E-state index contributed by atoms with van der Waals surface area (Å²) in [6, 6.07) is 3.72. The van der Waals surface area contributed by atoms with E-state index in [0.717, 1.165) is 18.7 Å².